The fraction of sp³-hybridized carbons (Fsp3) is 0.227. The number of carbonyl (C=O) groups is 1. The molecule has 1 amide bonds. The summed E-state index contributed by atoms with van der Waals surface area (Å²) < 4.78 is 26.4. The quantitative estimate of drug-likeness (QED) is 0.718. The molecule has 1 aliphatic rings. The van der Waals surface area contributed by atoms with E-state index in [1.807, 2.05) is 47.4 Å². The van der Waals surface area contributed by atoms with Crippen LogP contribution in [0.4, 0.5) is 20.3 Å². The van der Waals surface area contributed by atoms with Crippen LogP contribution >= 0.6 is 0 Å². The minimum Gasteiger partial charge on any atom is -0.354 e. The number of hydrogen-bond acceptors (Lipinski definition) is 4. The maximum atomic E-state index is 13.4. The Kier molecular flexibility index (Phi) is 5.46. The van der Waals surface area contributed by atoms with Gasteiger partial charge in [0.2, 0.25) is 5.91 Å². The summed E-state index contributed by atoms with van der Waals surface area (Å²) in [7, 11) is 0. The zero-order valence-corrected chi connectivity index (χ0v) is 15.7. The molecule has 1 aliphatic heterocycles. The fourth-order valence-electron chi connectivity index (χ4n) is 3.47. The molecular weight excluding hydrogens is 374 g/mol. The Balaban J connectivity index is 1.42. The van der Waals surface area contributed by atoms with Crippen LogP contribution in [0, 0.1) is 17.6 Å². The van der Waals surface area contributed by atoms with E-state index in [1.54, 1.807) is 0 Å². The SMILES string of the molecule is O=C(Nc1ccc(F)c(F)c1)C1CCCN(c2ccc(-c3ccccc3)nn2)C1. The van der Waals surface area contributed by atoms with Gasteiger partial charge in [0.25, 0.3) is 0 Å². The van der Waals surface area contributed by atoms with Crippen molar-refractivity contribution in [3.63, 3.8) is 0 Å². The van der Waals surface area contributed by atoms with Crippen molar-refractivity contribution < 1.29 is 13.6 Å². The molecule has 4 rings (SSSR count). The Labute approximate surface area is 167 Å². The highest BCUT2D eigenvalue weighted by molar-refractivity contribution is 5.93. The Bertz CT molecular complexity index is 995. The summed E-state index contributed by atoms with van der Waals surface area (Å²) in [5.41, 5.74) is 2.03. The molecule has 2 heterocycles. The molecule has 0 aliphatic carbocycles. The topological polar surface area (TPSA) is 58.1 Å². The third-order valence-electron chi connectivity index (χ3n) is 5.02. The molecule has 0 saturated carbocycles. The molecule has 2 aromatic carbocycles. The fourth-order valence-corrected chi connectivity index (χ4v) is 3.47. The van der Waals surface area contributed by atoms with Crippen LogP contribution in [0.15, 0.2) is 60.7 Å². The predicted octanol–water partition coefficient (Wildman–Crippen LogP) is 4.28. The van der Waals surface area contributed by atoms with E-state index >= 15 is 0 Å². The lowest BCUT2D eigenvalue weighted by Crippen LogP contribution is -2.41. The lowest BCUT2D eigenvalue weighted by atomic mass is 9.97. The van der Waals surface area contributed by atoms with Gasteiger partial charge in [0, 0.05) is 30.4 Å². The van der Waals surface area contributed by atoms with Crippen molar-refractivity contribution in [2.75, 3.05) is 23.3 Å². The van der Waals surface area contributed by atoms with Crippen molar-refractivity contribution >= 4 is 17.4 Å². The highest BCUT2D eigenvalue weighted by Crippen LogP contribution is 2.24. The van der Waals surface area contributed by atoms with Gasteiger partial charge in [-0.15, -0.1) is 10.2 Å². The zero-order valence-electron chi connectivity index (χ0n) is 15.7. The first-order valence-corrected chi connectivity index (χ1v) is 9.50. The van der Waals surface area contributed by atoms with Gasteiger partial charge >= 0.3 is 0 Å². The molecule has 7 heteroatoms. The molecule has 1 aromatic heterocycles. The van der Waals surface area contributed by atoms with E-state index in [-0.39, 0.29) is 17.5 Å². The highest BCUT2D eigenvalue weighted by atomic mass is 19.2. The number of nitrogens with one attached hydrogen (secondary N) is 1. The van der Waals surface area contributed by atoms with Crippen LogP contribution in [0.2, 0.25) is 0 Å². The minimum absolute atomic E-state index is 0.213. The van der Waals surface area contributed by atoms with Gasteiger partial charge < -0.3 is 10.2 Å². The molecule has 0 bridgehead atoms. The number of aromatic nitrogens is 2. The Morgan fingerprint density at radius 3 is 2.55 bits per heavy atom. The second kappa shape index (κ2) is 8.34. The van der Waals surface area contributed by atoms with Gasteiger partial charge in [-0.05, 0) is 37.1 Å². The summed E-state index contributed by atoms with van der Waals surface area (Å²) in [4.78, 5) is 14.6. The van der Waals surface area contributed by atoms with Crippen LogP contribution in [0.25, 0.3) is 11.3 Å². The molecule has 0 spiro atoms. The summed E-state index contributed by atoms with van der Waals surface area (Å²) in [5.74, 6) is -1.69. The van der Waals surface area contributed by atoms with Crippen LogP contribution in [-0.4, -0.2) is 29.2 Å². The van der Waals surface area contributed by atoms with E-state index in [9.17, 15) is 13.6 Å². The van der Waals surface area contributed by atoms with Gasteiger partial charge in [-0.2, -0.15) is 0 Å². The molecule has 1 unspecified atom stereocenters. The summed E-state index contributed by atoms with van der Waals surface area (Å²) >= 11 is 0. The molecule has 29 heavy (non-hydrogen) atoms. The van der Waals surface area contributed by atoms with E-state index in [2.05, 4.69) is 15.5 Å². The number of amides is 1. The van der Waals surface area contributed by atoms with Crippen LogP contribution in [0.1, 0.15) is 12.8 Å². The lowest BCUT2D eigenvalue weighted by Gasteiger charge is -2.32. The first-order valence-electron chi connectivity index (χ1n) is 9.50. The molecule has 1 N–H and O–H groups in total. The minimum atomic E-state index is -0.984. The number of benzene rings is 2. The number of anilines is 2. The molecule has 148 valence electrons. The van der Waals surface area contributed by atoms with Crippen molar-refractivity contribution in [2.45, 2.75) is 12.8 Å². The standard InChI is InChI=1S/C22H20F2N4O/c23-18-9-8-17(13-19(18)24)25-22(29)16-7-4-12-28(14-16)21-11-10-20(26-27-21)15-5-2-1-3-6-15/h1-3,5-6,8-11,13,16H,4,7,12,14H2,(H,25,29). The third-order valence-corrected chi connectivity index (χ3v) is 5.02. The summed E-state index contributed by atoms with van der Waals surface area (Å²) in [6.45, 7) is 1.28. The Morgan fingerprint density at radius 1 is 1.00 bits per heavy atom. The monoisotopic (exact) mass is 394 g/mol. The zero-order chi connectivity index (χ0) is 20.2. The Morgan fingerprint density at radius 2 is 1.83 bits per heavy atom. The van der Waals surface area contributed by atoms with Crippen molar-refractivity contribution in [1.29, 1.82) is 0 Å². The van der Waals surface area contributed by atoms with Gasteiger partial charge in [0.1, 0.15) is 0 Å². The van der Waals surface area contributed by atoms with Crippen molar-refractivity contribution in [2.24, 2.45) is 5.92 Å². The van der Waals surface area contributed by atoms with Crippen LogP contribution in [0.3, 0.4) is 0 Å². The molecule has 5 nitrogen and oxygen atoms in total. The molecular formula is C22H20F2N4O. The molecule has 3 aromatic rings. The summed E-state index contributed by atoms with van der Waals surface area (Å²) in [6, 6.07) is 17.0. The van der Waals surface area contributed by atoms with E-state index in [0.717, 1.165) is 48.6 Å². The second-order valence-electron chi connectivity index (χ2n) is 7.05. The van der Waals surface area contributed by atoms with Gasteiger partial charge in [-0.25, -0.2) is 8.78 Å². The maximum Gasteiger partial charge on any atom is 0.229 e. The smallest absolute Gasteiger partial charge is 0.229 e. The molecule has 1 saturated heterocycles. The number of carbonyl (C=O) groups excluding carboxylic acids is 1. The summed E-state index contributed by atoms with van der Waals surface area (Å²) in [5, 5.41) is 11.3. The van der Waals surface area contributed by atoms with Crippen molar-refractivity contribution in [3.8, 4) is 11.3 Å². The lowest BCUT2D eigenvalue weighted by molar-refractivity contribution is -0.120. The first-order chi connectivity index (χ1) is 14.1. The largest absolute Gasteiger partial charge is 0.354 e. The van der Waals surface area contributed by atoms with E-state index in [0.29, 0.717) is 6.54 Å². The van der Waals surface area contributed by atoms with Crippen molar-refractivity contribution in [3.05, 3.63) is 72.3 Å². The molecule has 0 radical (unpaired) electrons. The van der Waals surface area contributed by atoms with Gasteiger partial charge in [0.15, 0.2) is 17.5 Å². The van der Waals surface area contributed by atoms with E-state index < -0.39 is 11.6 Å². The predicted molar refractivity (Wildman–Crippen MR) is 107 cm³/mol. The van der Waals surface area contributed by atoms with Gasteiger partial charge in [0.05, 0.1) is 11.6 Å². The summed E-state index contributed by atoms with van der Waals surface area (Å²) in [6.07, 6.45) is 1.56. The van der Waals surface area contributed by atoms with Crippen LogP contribution in [-0.2, 0) is 4.79 Å². The number of halogens is 2. The Hall–Kier alpha value is -3.35. The number of nitrogens with zero attached hydrogens (tertiary/aromatic N) is 3. The van der Waals surface area contributed by atoms with E-state index in [4.69, 9.17) is 0 Å². The van der Waals surface area contributed by atoms with E-state index in [1.165, 1.54) is 6.07 Å². The average molecular weight is 394 g/mol. The van der Waals surface area contributed by atoms with Crippen LogP contribution < -0.4 is 10.2 Å². The number of hydrogen-bond donors (Lipinski definition) is 1. The number of rotatable bonds is 4. The average Bonchev–Trinajstić information content (AvgIpc) is 2.77. The highest BCUT2D eigenvalue weighted by Gasteiger charge is 2.27. The maximum absolute atomic E-state index is 13.4. The number of piperidine rings is 1. The first kappa shape index (κ1) is 19.0. The van der Waals surface area contributed by atoms with Gasteiger partial charge in [-0.3, -0.25) is 4.79 Å². The van der Waals surface area contributed by atoms with Crippen LogP contribution in [0.5, 0.6) is 0 Å². The third kappa shape index (κ3) is 4.39. The molecule has 1 fully saturated rings. The normalized spacial score (nSPS) is 16.5. The van der Waals surface area contributed by atoms with Gasteiger partial charge in [-0.1, -0.05) is 30.3 Å². The second-order valence-corrected chi connectivity index (χ2v) is 7.05. The van der Waals surface area contributed by atoms with Crippen molar-refractivity contribution in [1.82, 2.24) is 10.2 Å². The molecule has 1 atom stereocenters.